The maximum absolute atomic E-state index is 12.6. The number of anilines is 1. The molecule has 0 saturated carbocycles. The van der Waals surface area contributed by atoms with Gasteiger partial charge in [-0.2, -0.15) is 5.01 Å². The van der Waals surface area contributed by atoms with Gasteiger partial charge in [0.2, 0.25) is 17.7 Å². The van der Waals surface area contributed by atoms with Gasteiger partial charge < -0.3 is 10.5 Å². The summed E-state index contributed by atoms with van der Waals surface area (Å²) < 4.78 is 1.49. The fourth-order valence-electron chi connectivity index (χ4n) is 4.44. The van der Waals surface area contributed by atoms with Crippen molar-refractivity contribution in [3.8, 4) is 0 Å². The molecular weight excluding hydrogens is 410 g/mol. The molecule has 3 N–H and O–H groups in total. The van der Waals surface area contributed by atoms with Crippen LogP contribution in [-0.2, 0) is 9.59 Å². The zero-order chi connectivity index (χ0) is 22.4. The first-order valence-corrected chi connectivity index (χ1v) is 10.2. The van der Waals surface area contributed by atoms with Gasteiger partial charge in [0.25, 0.3) is 0 Å². The molecule has 32 heavy (non-hydrogen) atoms. The van der Waals surface area contributed by atoms with Crippen molar-refractivity contribution >= 4 is 34.4 Å². The highest BCUT2D eigenvalue weighted by molar-refractivity contribution is 6.08. The Labute approximate surface area is 183 Å². The van der Waals surface area contributed by atoms with Crippen molar-refractivity contribution in [3.05, 3.63) is 72.6 Å². The van der Waals surface area contributed by atoms with Crippen molar-refractivity contribution in [1.29, 1.82) is 0 Å². The number of hydrogen-bond acceptors (Lipinski definition) is 7. The molecule has 2 aliphatic heterocycles. The van der Waals surface area contributed by atoms with Gasteiger partial charge in [-0.3, -0.25) is 24.3 Å². The Morgan fingerprint density at radius 1 is 1.12 bits per heavy atom. The number of nitrogens with zero attached hydrogens (tertiary/aromatic N) is 3. The van der Waals surface area contributed by atoms with Gasteiger partial charge in [0.15, 0.2) is 0 Å². The number of pyridine rings is 1. The molecule has 162 valence electrons. The summed E-state index contributed by atoms with van der Waals surface area (Å²) in [4.78, 5) is 41.3. The van der Waals surface area contributed by atoms with Crippen LogP contribution in [0.15, 0.2) is 67.0 Å². The van der Waals surface area contributed by atoms with Crippen molar-refractivity contribution in [2.24, 2.45) is 5.92 Å². The van der Waals surface area contributed by atoms with Gasteiger partial charge in [0.1, 0.15) is 18.0 Å². The topological polar surface area (TPSA) is 117 Å². The summed E-state index contributed by atoms with van der Waals surface area (Å²) in [6, 6.07) is 11.0. The summed E-state index contributed by atoms with van der Waals surface area (Å²) in [6.07, 6.45) is 5.48. The normalized spacial score (nSPS) is 23.8. The van der Waals surface area contributed by atoms with Crippen LogP contribution >= 0.6 is 0 Å². The second-order valence-corrected chi connectivity index (χ2v) is 7.87. The second kappa shape index (κ2) is 7.70. The van der Waals surface area contributed by atoms with Crippen LogP contribution in [0, 0.1) is 5.92 Å². The summed E-state index contributed by atoms with van der Waals surface area (Å²) in [7, 11) is 0. The van der Waals surface area contributed by atoms with Gasteiger partial charge in [-0.05, 0) is 18.2 Å². The van der Waals surface area contributed by atoms with Crippen molar-refractivity contribution in [3.63, 3.8) is 0 Å². The van der Waals surface area contributed by atoms with Gasteiger partial charge in [-0.15, -0.1) is 0 Å². The number of aromatic nitrogens is 2. The van der Waals surface area contributed by atoms with E-state index in [0.717, 1.165) is 5.39 Å². The molecule has 9 heteroatoms. The van der Waals surface area contributed by atoms with E-state index in [2.05, 4.69) is 15.7 Å². The Kier molecular flexibility index (Phi) is 4.84. The molecule has 9 nitrogen and oxygen atoms in total. The number of carbonyl (C=O) groups is 3. The van der Waals surface area contributed by atoms with Crippen LogP contribution in [-0.4, -0.2) is 49.5 Å². The third-order valence-electron chi connectivity index (χ3n) is 5.93. The number of aliphatic hydroxyl groups excluding tert-OH is 1. The van der Waals surface area contributed by atoms with Crippen molar-refractivity contribution < 1.29 is 19.5 Å². The largest absolute Gasteiger partial charge is 0.386 e. The van der Waals surface area contributed by atoms with Gasteiger partial charge >= 0.3 is 0 Å². The molecule has 2 aromatic heterocycles. The van der Waals surface area contributed by atoms with E-state index in [0.29, 0.717) is 16.9 Å². The van der Waals surface area contributed by atoms with Gasteiger partial charge in [-0.25, -0.2) is 4.98 Å². The number of hydrogen-bond donors (Lipinski definition) is 3. The highest BCUT2D eigenvalue weighted by Crippen LogP contribution is 2.36. The van der Waals surface area contributed by atoms with E-state index in [-0.39, 0.29) is 11.8 Å². The molecule has 2 aliphatic rings. The minimum atomic E-state index is -1.10. The van der Waals surface area contributed by atoms with E-state index in [1.165, 1.54) is 11.5 Å². The minimum absolute atomic E-state index is 0.178. The van der Waals surface area contributed by atoms with E-state index < -0.39 is 30.0 Å². The molecule has 5 rings (SSSR count). The van der Waals surface area contributed by atoms with Gasteiger partial charge in [-0.1, -0.05) is 36.4 Å². The van der Waals surface area contributed by atoms with E-state index in [9.17, 15) is 19.5 Å². The van der Waals surface area contributed by atoms with Gasteiger partial charge in [0, 0.05) is 30.3 Å². The first kappa shape index (κ1) is 20.1. The number of fused-ring (bicyclic) bond motifs is 2. The third-order valence-corrected chi connectivity index (χ3v) is 5.93. The van der Waals surface area contributed by atoms with E-state index in [4.69, 9.17) is 0 Å². The highest BCUT2D eigenvalue weighted by atomic mass is 16.3. The molecule has 1 aromatic carbocycles. The molecule has 1 fully saturated rings. The number of imide groups is 1. The Bertz CT molecular complexity index is 1250. The molecule has 4 heterocycles. The monoisotopic (exact) mass is 431 g/mol. The van der Waals surface area contributed by atoms with Crippen LogP contribution in [0.25, 0.3) is 10.9 Å². The van der Waals surface area contributed by atoms with Crippen LogP contribution < -0.4 is 10.7 Å². The molecule has 0 aliphatic carbocycles. The van der Waals surface area contributed by atoms with Crippen LogP contribution in [0.4, 0.5) is 5.82 Å². The maximum atomic E-state index is 12.6. The maximum Gasteiger partial charge on any atom is 0.246 e. The average Bonchev–Trinajstić information content (AvgIpc) is 3.32. The number of aliphatic hydroxyl groups is 1. The first-order chi connectivity index (χ1) is 15.5. The molecule has 3 aromatic rings. The standard InChI is InChI=1S/C23H21N5O4/c1-13(29)27-12-16(14-6-2-3-7-17(14)27)21(30)18-10-9-15-20(23(32)25-22(15)31)28(18)26-19-8-4-5-11-24-19/h2-12,15,18,20-21,30H,1H3,(H,24,26)(H,25,31,32). The van der Waals surface area contributed by atoms with Crippen molar-refractivity contribution in [1.82, 2.24) is 19.9 Å². The number of carbonyl (C=O) groups excluding carboxylic acids is 3. The quantitative estimate of drug-likeness (QED) is 0.425. The lowest BCUT2D eigenvalue weighted by Gasteiger charge is -2.40. The Morgan fingerprint density at radius 2 is 1.91 bits per heavy atom. The Morgan fingerprint density at radius 3 is 2.66 bits per heavy atom. The molecule has 0 radical (unpaired) electrons. The number of benzene rings is 1. The molecule has 4 unspecified atom stereocenters. The van der Waals surface area contributed by atoms with E-state index >= 15 is 0 Å². The molecular formula is C23H21N5O4. The van der Waals surface area contributed by atoms with Gasteiger partial charge in [0.05, 0.1) is 17.5 Å². The van der Waals surface area contributed by atoms with Crippen LogP contribution in [0.1, 0.15) is 23.4 Å². The number of amides is 2. The zero-order valence-electron chi connectivity index (χ0n) is 17.2. The zero-order valence-corrected chi connectivity index (χ0v) is 17.2. The fourth-order valence-corrected chi connectivity index (χ4v) is 4.44. The Hall–Kier alpha value is -3.82. The molecule has 2 amide bonds. The molecule has 4 atom stereocenters. The van der Waals surface area contributed by atoms with Crippen LogP contribution in [0.3, 0.4) is 0 Å². The summed E-state index contributed by atoms with van der Waals surface area (Å²) in [6.45, 7) is 1.46. The minimum Gasteiger partial charge on any atom is -0.386 e. The first-order valence-electron chi connectivity index (χ1n) is 10.2. The fraction of sp³-hybridized carbons (Fsp3) is 0.217. The SMILES string of the molecule is CC(=O)n1cc(C(O)C2C=CC3C(=O)NC(=O)C3N2Nc2ccccn2)c2ccccc21. The third kappa shape index (κ3) is 3.19. The van der Waals surface area contributed by atoms with Crippen LogP contribution in [0.5, 0.6) is 0 Å². The summed E-state index contributed by atoms with van der Waals surface area (Å²) in [5, 5.41) is 16.1. The second-order valence-electron chi connectivity index (χ2n) is 7.87. The van der Waals surface area contributed by atoms with E-state index in [1.54, 1.807) is 47.8 Å². The molecule has 0 spiro atoms. The lowest BCUT2D eigenvalue weighted by Crippen LogP contribution is -2.55. The smallest absolute Gasteiger partial charge is 0.246 e. The summed E-state index contributed by atoms with van der Waals surface area (Å²) >= 11 is 0. The van der Waals surface area contributed by atoms with Crippen LogP contribution in [0.2, 0.25) is 0 Å². The predicted octanol–water partition coefficient (Wildman–Crippen LogP) is 1.64. The average molecular weight is 431 g/mol. The molecule has 1 saturated heterocycles. The summed E-state index contributed by atoms with van der Waals surface area (Å²) in [5.74, 6) is -1.22. The predicted molar refractivity (Wildman–Crippen MR) is 116 cm³/mol. The number of nitrogens with one attached hydrogen (secondary N) is 2. The van der Waals surface area contributed by atoms with E-state index in [1.807, 2.05) is 24.3 Å². The summed E-state index contributed by atoms with van der Waals surface area (Å²) in [5.41, 5.74) is 4.33. The number of hydrazine groups is 1. The lowest BCUT2D eigenvalue weighted by atomic mass is 9.90. The highest BCUT2D eigenvalue weighted by Gasteiger charge is 2.50. The number of rotatable bonds is 4. The lowest BCUT2D eigenvalue weighted by molar-refractivity contribution is -0.126. The van der Waals surface area contributed by atoms with Crippen molar-refractivity contribution in [2.45, 2.75) is 25.1 Å². The molecule has 0 bridgehead atoms. The Balaban J connectivity index is 1.59. The number of para-hydroxylation sites is 1. The van der Waals surface area contributed by atoms with Crippen molar-refractivity contribution in [2.75, 3.05) is 5.43 Å².